The van der Waals surface area contributed by atoms with Gasteiger partial charge < -0.3 is 9.84 Å². The van der Waals surface area contributed by atoms with Crippen molar-refractivity contribution in [2.45, 2.75) is 12.5 Å². The molecule has 20 heavy (non-hydrogen) atoms. The monoisotopic (exact) mass is 269 g/mol. The molecule has 5 heteroatoms. The Labute approximate surface area is 114 Å². The van der Waals surface area contributed by atoms with E-state index in [1.807, 2.05) is 12.1 Å². The lowest BCUT2D eigenvalue weighted by Gasteiger charge is -2.11. The maximum atomic E-state index is 11.7. The Morgan fingerprint density at radius 1 is 1.25 bits per heavy atom. The summed E-state index contributed by atoms with van der Waals surface area (Å²) in [7, 11) is 0. The van der Waals surface area contributed by atoms with E-state index in [9.17, 15) is 9.59 Å². The molecule has 0 aliphatic carbocycles. The molecule has 2 heterocycles. The van der Waals surface area contributed by atoms with Gasteiger partial charge in [0.15, 0.2) is 0 Å². The van der Waals surface area contributed by atoms with Gasteiger partial charge in [0.1, 0.15) is 6.10 Å². The Morgan fingerprint density at radius 3 is 2.85 bits per heavy atom. The molecular formula is C15H11NO4. The maximum Gasteiger partial charge on any atom is 0.339 e. The number of aromatic carboxylic acids is 1. The minimum Gasteiger partial charge on any atom is -0.478 e. The van der Waals surface area contributed by atoms with Crippen LogP contribution in [0.1, 0.15) is 38.1 Å². The van der Waals surface area contributed by atoms with Crippen LogP contribution in [0.5, 0.6) is 0 Å². The molecule has 0 amide bonds. The molecule has 100 valence electrons. The molecule has 0 bridgehead atoms. The minimum atomic E-state index is -1.04. The van der Waals surface area contributed by atoms with Gasteiger partial charge in [-0.3, -0.25) is 4.98 Å². The van der Waals surface area contributed by atoms with Crippen LogP contribution in [0, 0.1) is 0 Å². The van der Waals surface area contributed by atoms with Crippen LogP contribution in [-0.4, -0.2) is 22.0 Å². The van der Waals surface area contributed by atoms with Gasteiger partial charge in [-0.1, -0.05) is 18.2 Å². The lowest BCUT2D eigenvalue weighted by molar-refractivity contribution is 0.0385. The van der Waals surface area contributed by atoms with E-state index in [2.05, 4.69) is 4.98 Å². The number of hydrogen-bond acceptors (Lipinski definition) is 4. The lowest BCUT2D eigenvalue weighted by Crippen LogP contribution is -2.10. The molecule has 1 N–H and O–H groups in total. The molecule has 1 aromatic heterocycles. The van der Waals surface area contributed by atoms with Crippen molar-refractivity contribution in [2.75, 3.05) is 0 Å². The quantitative estimate of drug-likeness (QED) is 0.865. The molecule has 0 fully saturated rings. The van der Waals surface area contributed by atoms with E-state index in [0.717, 1.165) is 5.56 Å². The van der Waals surface area contributed by atoms with Gasteiger partial charge in [-0.15, -0.1) is 0 Å². The smallest absolute Gasteiger partial charge is 0.339 e. The predicted octanol–water partition coefficient (Wildman–Crippen LogP) is 2.23. The second-order valence-electron chi connectivity index (χ2n) is 4.49. The van der Waals surface area contributed by atoms with Crippen LogP contribution in [0.25, 0.3) is 0 Å². The fourth-order valence-electron chi connectivity index (χ4n) is 2.34. The number of hydrogen-bond donors (Lipinski definition) is 1. The number of carboxylic acids is 1. The number of nitrogens with zero attached hydrogens (tertiary/aromatic N) is 1. The number of carbonyl (C=O) groups is 2. The first-order valence-electron chi connectivity index (χ1n) is 6.14. The first kappa shape index (κ1) is 12.3. The number of fused-ring (bicyclic) bond motifs is 1. The first-order chi connectivity index (χ1) is 9.66. The topological polar surface area (TPSA) is 76.5 Å². The fourth-order valence-corrected chi connectivity index (χ4v) is 2.34. The summed E-state index contributed by atoms with van der Waals surface area (Å²) < 4.78 is 5.30. The molecule has 0 radical (unpaired) electrons. The number of esters is 1. The van der Waals surface area contributed by atoms with Crippen LogP contribution < -0.4 is 0 Å². The van der Waals surface area contributed by atoms with E-state index in [0.29, 0.717) is 11.3 Å². The largest absolute Gasteiger partial charge is 0.478 e. The van der Waals surface area contributed by atoms with Crippen LogP contribution >= 0.6 is 0 Å². The van der Waals surface area contributed by atoms with Gasteiger partial charge >= 0.3 is 11.9 Å². The Balaban J connectivity index is 1.94. The van der Waals surface area contributed by atoms with Crippen LogP contribution in [-0.2, 0) is 11.2 Å². The zero-order chi connectivity index (χ0) is 14.1. The standard InChI is InChI=1S/C15H11NO4/c17-14(18)11-6-3-7-16-12(11)8-13-9-4-1-2-5-10(9)15(19)20-13/h1-7,13H,8H2,(H,17,18)/t13-/m0/s1. The highest BCUT2D eigenvalue weighted by atomic mass is 16.5. The molecule has 3 rings (SSSR count). The number of ether oxygens (including phenoxy) is 1. The predicted molar refractivity (Wildman–Crippen MR) is 69.5 cm³/mol. The summed E-state index contributed by atoms with van der Waals surface area (Å²) >= 11 is 0. The molecule has 1 aliphatic heterocycles. The van der Waals surface area contributed by atoms with Crippen LogP contribution in [0.3, 0.4) is 0 Å². The molecular weight excluding hydrogens is 258 g/mol. The number of carboxylic acid groups (broad SMARTS) is 1. The molecule has 1 aliphatic rings. The number of benzene rings is 1. The highest BCUT2D eigenvalue weighted by Gasteiger charge is 2.31. The summed E-state index contributed by atoms with van der Waals surface area (Å²) in [5, 5.41) is 9.14. The van der Waals surface area contributed by atoms with Gasteiger partial charge in [0, 0.05) is 18.2 Å². The summed E-state index contributed by atoms with van der Waals surface area (Å²) in [6, 6.07) is 10.2. The van der Waals surface area contributed by atoms with Crippen molar-refractivity contribution >= 4 is 11.9 Å². The van der Waals surface area contributed by atoms with Crippen molar-refractivity contribution in [3.05, 3.63) is 65.0 Å². The molecule has 0 saturated carbocycles. The number of aromatic nitrogens is 1. The van der Waals surface area contributed by atoms with Gasteiger partial charge in [0.2, 0.25) is 0 Å². The summed E-state index contributed by atoms with van der Waals surface area (Å²) in [6.07, 6.45) is 1.31. The number of pyridine rings is 1. The van der Waals surface area contributed by atoms with Crippen molar-refractivity contribution in [1.29, 1.82) is 0 Å². The molecule has 0 unspecified atom stereocenters. The Bertz CT molecular complexity index is 696. The zero-order valence-electron chi connectivity index (χ0n) is 10.4. The Hall–Kier alpha value is -2.69. The number of rotatable bonds is 3. The summed E-state index contributed by atoms with van der Waals surface area (Å²) in [5.74, 6) is -1.41. The zero-order valence-corrected chi connectivity index (χ0v) is 10.4. The van der Waals surface area contributed by atoms with E-state index in [-0.39, 0.29) is 18.0 Å². The molecule has 1 atom stereocenters. The van der Waals surface area contributed by atoms with E-state index in [1.165, 1.54) is 12.3 Å². The molecule has 1 aromatic carbocycles. The first-order valence-corrected chi connectivity index (χ1v) is 6.14. The number of cyclic esters (lactones) is 1. The fraction of sp³-hybridized carbons (Fsp3) is 0.133. The van der Waals surface area contributed by atoms with Crippen LogP contribution in [0.2, 0.25) is 0 Å². The van der Waals surface area contributed by atoms with E-state index >= 15 is 0 Å². The third-order valence-corrected chi connectivity index (χ3v) is 3.28. The minimum absolute atomic E-state index is 0.132. The van der Waals surface area contributed by atoms with Crippen molar-refractivity contribution in [2.24, 2.45) is 0 Å². The normalized spacial score (nSPS) is 16.6. The van der Waals surface area contributed by atoms with Crippen molar-refractivity contribution in [1.82, 2.24) is 4.98 Å². The van der Waals surface area contributed by atoms with Crippen LogP contribution in [0.15, 0.2) is 42.6 Å². The van der Waals surface area contributed by atoms with Gasteiger partial charge in [-0.25, -0.2) is 9.59 Å². The van der Waals surface area contributed by atoms with Gasteiger partial charge in [-0.05, 0) is 18.2 Å². The highest BCUT2D eigenvalue weighted by molar-refractivity contribution is 5.94. The van der Waals surface area contributed by atoms with Crippen molar-refractivity contribution in [3.8, 4) is 0 Å². The van der Waals surface area contributed by atoms with Crippen molar-refractivity contribution < 1.29 is 19.4 Å². The van der Waals surface area contributed by atoms with Crippen molar-refractivity contribution in [3.63, 3.8) is 0 Å². The third kappa shape index (κ3) is 2.03. The number of carbonyl (C=O) groups excluding carboxylic acids is 1. The van der Waals surface area contributed by atoms with E-state index in [1.54, 1.807) is 18.2 Å². The van der Waals surface area contributed by atoms with Gasteiger partial charge in [-0.2, -0.15) is 0 Å². The van der Waals surface area contributed by atoms with E-state index < -0.39 is 12.1 Å². The lowest BCUT2D eigenvalue weighted by atomic mass is 10.00. The van der Waals surface area contributed by atoms with Gasteiger partial charge in [0.25, 0.3) is 0 Å². The summed E-state index contributed by atoms with van der Waals surface area (Å²) in [5.41, 5.74) is 1.85. The Kier molecular flexibility index (Phi) is 2.95. The van der Waals surface area contributed by atoms with Crippen LogP contribution in [0.4, 0.5) is 0 Å². The summed E-state index contributed by atoms with van der Waals surface area (Å²) in [6.45, 7) is 0. The average Bonchev–Trinajstić information content (AvgIpc) is 2.76. The SMILES string of the molecule is O=C1O[C@@H](Cc2ncccc2C(=O)O)c2ccccc21. The Morgan fingerprint density at radius 2 is 2.05 bits per heavy atom. The van der Waals surface area contributed by atoms with Gasteiger partial charge in [0.05, 0.1) is 16.8 Å². The molecule has 5 nitrogen and oxygen atoms in total. The maximum absolute atomic E-state index is 11.7. The third-order valence-electron chi connectivity index (χ3n) is 3.28. The average molecular weight is 269 g/mol. The summed E-state index contributed by atoms with van der Waals surface area (Å²) in [4.78, 5) is 27.0. The second kappa shape index (κ2) is 4.77. The van der Waals surface area contributed by atoms with E-state index in [4.69, 9.17) is 9.84 Å². The molecule has 0 spiro atoms. The highest BCUT2D eigenvalue weighted by Crippen LogP contribution is 2.33. The molecule has 0 saturated heterocycles. The second-order valence-corrected chi connectivity index (χ2v) is 4.49. The molecule has 2 aromatic rings.